The molecule has 0 saturated heterocycles. The van der Waals surface area contributed by atoms with E-state index < -0.39 is 17.1 Å². The quantitative estimate of drug-likeness (QED) is 0.757. The Labute approximate surface area is 89.8 Å². The van der Waals surface area contributed by atoms with Crippen LogP contribution >= 0.6 is 0 Å². The molecule has 1 aromatic heterocycles. The van der Waals surface area contributed by atoms with Gasteiger partial charge in [0.2, 0.25) is 0 Å². The van der Waals surface area contributed by atoms with Crippen molar-refractivity contribution in [1.29, 1.82) is 0 Å². The molecule has 16 heavy (non-hydrogen) atoms. The minimum Gasteiger partial charge on any atom is -0.307 e. The second-order valence-electron chi connectivity index (χ2n) is 3.42. The zero-order valence-electron chi connectivity index (χ0n) is 8.50. The maximum absolute atomic E-state index is 13.0. The van der Waals surface area contributed by atoms with Crippen molar-refractivity contribution >= 4 is 0 Å². The average molecular weight is 220 g/mol. The van der Waals surface area contributed by atoms with Gasteiger partial charge < -0.3 is 4.98 Å². The summed E-state index contributed by atoms with van der Waals surface area (Å²) in [4.78, 5) is 27.1. The SMILES string of the molecule is Cc1c(-c2cccc(F)c2)[nH]c(=O)[nH]c1=O. The third-order valence-electron chi connectivity index (χ3n) is 2.29. The summed E-state index contributed by atoms with van der Waals surface area (Å²) < 4.78 is 13.0. The van der Waals surface area contributed by atoms with Gasteiger partial charge in [0.05, 0.1) is 5.69 Å². The van der Waals surface area contributed by atoms with Crippen LogP contribution in [-0.4, -0.2) is 9.97 Å². The Kier molecular flexibility index (Phi) is 2.44. The lowest BCUT2D eigenvalue weighted by molar-refractivity contribution is 0.628. The monoisotopic (exact) mass is 220 g/mol. The maximum atomic E-state index is 13.0. The number of aromatic amines is 2. The van der Waals surface area contributed by atoms with Crippen LogP contribution in [0.15, 0.2) is 33.9 Å². The van der Waals surface area contributed by atoms with Gasteiger partial charge in [0, 0.05) is 11.1 Å². The first kappa shape index (κ1) is 10.4. The van der Waals surface area contributed by atoms with Crippen LogP contribution in [0.4, 0.5) is 4.39 Å². The van der Waals surface area contributed by atoms with Gasteiger partial charge in [-0.25, -0.2) is 9.18 Å². The Morgan fingerprint density at radius 3 is 2.62 bits per heavy atom. The first-order valence-electron chi connectivity index (χ1n) is 4.67. The summed E-state index contributed by atoms with van der Waals surface area (Å²) in [5, 5.41) is 0. The van der Waals surface area contributed by atoms with Crippen LogP contribution in [0, 0.1) is 12.7 Å². The van der Waals surface area contributed by atoms with Gasteiger partial charge in [-0.1, -0.05) is 12.1 Å². The molecule has 0 spiro atoms. The van der Waals surface area contributed by atoms with Crippen molar-refractivity contribution in [2.24, 2.45) is 0 Å². The number of rotatable bonds is 1. The number of nitrogens with one attached hydrogen (secondary N) is 2. The van der Waals surface area contributed by atoms with Crippen LogP contribution < -0.4 is 11.2 Å². The highest BCUT2D eigenvalue weighted by Gasteiger charge is 2.07. The molecule has 1 heterocycles. The maximum Gasteiger partial charge on any atom is 0.326 e. The predicted octanol–water partition coefficient (Wildman–Crippen LogP) is 1.18. The largest absolute Gasteiger partial charge is 0.326 e. The van der Waals surface area contributed by atoms with Gasteiger partial charge in [0.1, 0.15) is 5.82 Å². The Morgan fingerprint density at radius 2 is 1.94 bits per heavy atom. The lowest BCUT2D eigenvalue weighted by Crippen LogP contribution is -2.25. The number of halogens is 1. The Hall–Kier alpha value is -2.17. The fraction of sp³-hybridized carbons (Fsp3) is 0.0909. The molecule has 0 radical (unpaired) electrons. The third kappa shape index (κ3) is 1.79. The molecule has 0 atom stereocenters. The average Bonchev–Trinajstić information content (AvgIpc) is 2.23. The lowest BCUT2D eigenvalue weighted by atomic mass is 10.1. The van der Waals surface area contributed by atoms with E-state index in [0.29, 0.717) is 16.8 Å². The molecule has 2 aromatic rings. The van der Waals surface area contributed by atoms with Crippen LogP contribution in [0.3, 0.4) is 0 Å². The van der Waals surface area contributed by atoms with Crippen molar-refractivity contribution in [3.63, 3.8) is 0 Å². The number of benzene rings is 1. The smallest absolute Gasteiger partial charge is 0.307 e. The van der Waals surface area contributed by atoms with Crippen LogP contribution in [0.25, 0.3) is 11.3 Å². The fourth-order valence-corrected chi connectivity index (χ4v) is 1.48. The van der Waals surface area contributed by atoms with Crippen molar-refractivity contribution in [3.05, 3.63) is 56.5 Å². The van der Waals surface area contributed by atoms with E-state index in [9.17, 15) is 14.0 Å². The molecule has 82 valence electrons. The fourth-order valence-electron chi connectivity index (χ4n) is 1.48. The molecule has 1 aromatic carbocycles. The number of aromatic nitrogens is 2. The van der Waals surface area contributed by atoms with Gasteiger partial charge in [-0.2, -0.15) is 0 Å². The van der Waals surface area contributed by atoms with E-state index in [4.69, 9.17) is 0 Å². The summed E-state index contributed by atoms with van der Waals surface area (Å²) in [6.45, 7) is 1.56. The topological polar surface area (TPSA) is 65.7 Å². The zero-order valence-corrected chi connectivity index (χ0v) is 8.50. The normalized spacial score (nSPS) is 10.4. The Bertz CT molecular complexity index is 643. The van der Waals surface area contributed by atoms with Crippen molar-refractivity contribution in [2.75, 3.05) is 0 Å². The summed E-state index contributed by atoms with van der Waals surface area (Å²) in [7, 11) is 0. The van der Waals surface area contributed by atoms with E-state index >= 15 is 0 Å². The molecule has 0 saturated carbocycles. The van der Waals surface area contributed by atoms with Crippen LogP contribution in [0.5, 0.6) is 0 Å². The molecule has 0 unspecified atom stereocenters. The van der Waals surface area contributed by atoms with E-state index in [-0.39, 0.29) is 0 Å². The zero-order chi connectivity index (χ0) is 11.7. The number of hydrogen-bond donors (Lipinski definition) is 2. The van der Waals surface area contributed by atoms with E-state index in [1.165, 1.54) is 18.2 Å². The van der Waals surface area contributed by atoms with Crippen molar-refractivity contribution < 1.29 is 4.39 Å². The summed E-state index contributed by atoms with van der Waals surface area (Å²) >= 11 is 0. The summed E-state index contributed by atoms with van der Waals surface area (Å²) in [6, 6.07) is 5.70. The van der Waals surface area contributed by atoms with Crippen LogP contribution in [0.2, 0.25) is 0 Å². The molecule has 0 bridgehead atoms. The van der Waals surface area contributed by atoms with E-state index in [2.05, 4.69) is 9.97 Å². The Balaban J connectivity index is 2.74. The number of H-pyrrole nitrogens is 2. The molecule has 0 fully saturated rings. The van der Waals surface area contributed by atoms with Gasteiger partial charge in [0.25, 0.3) is 5.56 Å². The first-order valence-corrected chi connectivity index (χ1v) is 4.67. The van der Waals surface area contributed by atoms with E-state index in [1.807, 2.05) is 0 Å². The van der Waals surface area contributed by atoms with Gasteiger partial charge in [-0.15, -0.1) is 0 Å². The van der Waals surface area contributed by atoms with Crippen molar-refractivity contribution in [2.45, 2.75) is 6.92 Å². The summed E-state index contributed by atoms with van der Waals surface area (Å²) in [5.41, 5.74) is 0.0945. The minimum absolute atomic E-state index is 0.341. The van der Waals surface area contributed by atoms with E-state index in [0.717, 1.165) is 0 Å². The molecule has 2 rings (SSSR count). The van der Waals surface area contributed by atoms with Crippen LogP contribution in [0.1, 0.15) is 5.56 Å². The lowest BCUT2D eigenvalue weighted by Gasteiger charge is -2.04. The molecule has 5 heteroatoms. The molecular formula is C11H9FN2O2. The number of hydrogen-bond acceptors (Lipinski definition) is 2. The summed E-state index contributed by atoms with van der Waals surface area (Å²) in [5.74, 6) is -0.418. The van der Waals surface area contributed by atoms with Crippen LogP contribution in [-0.2, 0) is 0 Å². The highest BCUT2D eigenvalue weighted by atomic mass is 19.1. The standard InChI is InChI=1S/C11H9FN2O2/c1-6-9(13-11(16)14-10(6)15)7-3-2-4-8(12)5-7/h2-5H,1H3,(H2,13,14,15,16). The second-order valence-corrected chi connectivity index (χ2v) is 3.42. The predicted molar refractivity (Wildman–Crippen MR) is 57.8 cm³/mol. The highest BCUT2D eigenvalue weighted by Crippen LogP contribution is 2.17. The molecule has 0 aliphatic rings. The van der Waals surface area contributed by atoms with Gasteiger partial charge in [-0.3, -0.25) is 9.78 Å². The molecule has 2 N–H and O–H groups in total. The van der Waals surface area contributed by atoms with Crippen molar-refractivity contribution in [1.82, 2.24) is 9.97 Å². The molecule has 0 amide bonds. The molecule has 4 nitrogen and oxygen atoms in total. The highest BCUT2D eigenvalue weighted by molar-refractivity contribution is 5.61. The summed E-state index contributed by atoms with van der Waals surface area (Å²) in [6.07, 6.45) is 0. The Morgan fingerprint density at radius 1 is 1.19 bits per heavy atom. The molecule has 0 aliphatic heterocycles. The van der Waals surface area contributed by atoms with Gasteiger partial charge in [0.15, 0.2) is 0 Å². The minimum atomic E-state index is -0.602. The first-order chi connectivity index (χ1) is 7.58. The third-order valence-corrected chi connectivity index (χ3v) is 2.29. The van der Waals surface area contributed by atoms with Crippen molar-refractivity contribution in [3.8, 4) is 11.3 Å². The van der Waals surface area contributed by atoms with E-state index in [1.54, 1.807) is 13.0 Å². The van der Waals surface area contributed by atoms with Gasteiger partial charge in [-0.05, 0) is 19.1 Å². The molecule has 0 aliphatic carbocycles. The van der Waals surface area contributed by atoms with Gasteiger partial charge >= 0.3 is 5.69 Å². The second kappa shape index (κ2) is 3.77. The molecular weight excluding hydrogens is 211 g/mol.